The van der Waals surface area contributed by atoms with Crippen LogP contribution in [0, 0.1) is 0 Å². The van der Waals surface area contributed by atoms with Crippen molar-refractivity contribution in [2.45, 2.75) is 11.4 Å². The van der Waals surface area contributed by atoms with E-state index in [9.17, 15) is 21.6 Å². The number of halogens is 1. The van der Waals surface area contributed by atoms with Gasteiger partial charge in [-0.15, -0.1) is 0 Å². The first-order valence-electron chi connectivity index (χ1n) is 11.3. The molecule has 11 heteroatoms. The summed E-state index contributed by atoms with van der Waals surface area (Å²) in [6.45, 7) is 0.107. The van der Waals surface area contributed by atoms with Gasteiger partial charge in [0.25, 0.3) is 15.9 Å². The van der Waals surface area contributed by atoms with Crippen LogP contribution in [0.3, 0.4) is 0 Å². The first-order chi connectivity index (χ1) is 18.0. The van der Waals surface area contributed by atoms with Gasteiger partial charge in [-0.2, -0.15) is 0 Å². The van der Waals surface area contributed by atoms with Gasteiger partial charge in [0.05, 0.1) is 23.4 Å². The average Bonchev–Trinajstić information content (AvgIpc) is 2.88. The van der Waals surface area contributed by atoms with E-state index in [1.165, 1.54) is 40.7 Å². The van der Waals surface area contributed by atoms with Crippen molar-refractivity contribution in [3.63, 3.8) is 0 Å². The van der Waals surface area contributed by atoms with E-state index >= 15 is 0 Å². The van der Waals surface area contributed by atoms with Crippen molar-refractivity contribution < 1.29 is 21.6 Å². The highest BCUT2D eigenvalue weighted by Crippen LogP contribution is 2.23. The zero-order chi connectivity index (χ0) is 27.3. The Balaban J connectivity index is 1.44. The molecule has 4 aromatic rings. The minimum atomic E-state index is -3.78. The number of nitrogens with one attached hydrogen (secondary N) is 2. The summed E-state index contributed by atoms with van der Waals surface area (Å²) in [5, 5.41) is 3.26. The summed E-state index contributed by atoms with van der Waals surface area (Å²) < 4.78 is 53.8. The molecule has 4 rings (SSSR count). The SMILES string of the molecule is CS(=O)(=O)N(Cc1ccc(Cl)cc1)c1ccc(C(=O)Nc2ccc(S(=O)(=O)Nc3ccccc3)cc2)cc1. The van der Waals surface area contributed by atoms with Crippen LogP contribution in [-0.4, -0.2) is 29.0 Å². The second kappa shape index (κ2) is 11.3. The standard InChI is InChI=1S/C27H24ClN3O5S2/c1-37(33,34)31(19-20-7-11-22(28)12-8-20)25-15-9-21(10-16-25)27(32)29-23-13-17-26(18-14-23)38(35,36)30-24-5-3-2-4-6-24/h2-18,30H,19H2,1H3,(H,29,32). The number of anilines is 3. The largest absolute Gasteiger partial charge is 0.322 e. The number of sulfonamides is 2. The van der Waals surface area contributed by atoms with Crippen molar-refractivity contribution in [2.24, 2.45) is 0 Å². The molecule has 0 saturated heterocycles. The van der Waals surface area contributed by atoms with Crippen LogP contribution in [-0.2, 0) is 26.6 Å². The van der Waals surface area contributed by atoms with Gasteiger partial charge in [-0.1, -0.05) is 41.9 Å². The number of hydrogen-bond acceptors (Lipinski definition) is 5. The normalized spacial score (nSPS) is 11.5. The maximum Gasteiger partial charge on any atom is 0.261 e. The first-order valence-corrected chi connectivity index (χ1v) is 15.0. The van der Waals surface area contributed by atoms with Gasteiger partial charge in [0, 0.05) is 22.0 Å². The number of amides is 1. The Hall–Kier alpha value is -3.86. The van der Waals surface area contributed by atoms with Crippen molar-refractivity contribution in [1.29, 1.82) is 0 Å². The molecular weight excluding hydrogens is 546 g/mol. The van der Waals surface area contributed by atoms with Gasteiger partial charge in [-0.05, 0) is 78.4 Å². The highest BCUT2D eigenvalue weighted by atomic mass is 35.5. The fourth-order valence-corrected chi connectivity index (χ4v) is 5.65. The van der Waals surface area contributed by atoms with Crippen LogP contribution in [0.1, 0.15) is 15.9 Å². The van der Waals surface area contributed by atoms with Crippen LogP contribution in [0.25, 0.3) is 0 Å². The van der Waals surface area contributed by atoms with E-state index in [1.807, 2.05) is 0 Å². The minimum Gasteiger partial charge on any atom is -0.322 e. The summed E-state index contributed by atoms with van der Waals surface area (Å²) in [7, 11) is -7.38. The summed E-state index contributed by atoms with van der Waals surface area (Å²) >= 11 is 5.92. The number of nitrogens with zero attached hydrogens (tertiary/aromatic N) is 1. The van der Waals surface area contributed by atoms with Crippen LogP contribution in [0.5, 0.6) is 0 Å². The van der Waals surface area contributed by atoms with E-state index < -0.39 is 26.0 Å². The van der Waals surface area contributed by atoms with Crippen LogP contribution in [0.15, 0.2) is 108 Å². The quantitative estimate of drug-likeness (QED) is 0.282. The van der Waals surface area contributed by atoms with Crippen LogP contribution in [0.2, 0.25) is 5.02 Å². The predicted octanol–water partition coefficient (Wildman–Crippen LogP) is 5.36. The number of carbonyl (C=O) groups excluding carboxylic acids is 1. The molecule has 0 aliphatic rings. The molecule has 0 atom stereocenters. The first kappa shape index (κ1) is 27.2. The number of benzene rings is 4. The van der Waals surface area contributed by atoms with Gasteiger partial charge in [-0.25, -0.2) is 16.8 Å². The second-order valence-corrected chi connectivity index (χ2v) is 12.4. The Morgan fingerprint density at radius 2 is 1.37 bits per heavy atom. The molecule has 0 heterocycles. The average molecular weight is 570 g/mol. The summed E-state index contributed by atoms with van der Waals surface area (Å²) in [4.78, 5) is 12.8. The van der Waals surface area contributed by atoms with Crippen molar-refractivity contribution >= 4 is 54.6 Å². The molecule has 2 N–H and O–H groups in total. The molecule has 4 aromatic carbocycles. The predicted molar refractivity (Wildman–Crippen MR) is 151 cm³/mol. The Bertz CT molecular complexity index is 1630. The number of hydrogen-bond donors (Lipinski definition) is 2. The van der Waals surface area contributed by atoms with E-state index in [4.69, 9.17) is 11.6 Å². The summed E-state index contributed by atoms with van der Waals surface area (Å²) in [5.74, 6) is -0.432. The van der Waals surface area contributed by atoms with E-state index in [-0.39, 0.29) is 11.4 Å². The second-order valence-electron chi connectivity index (χ2n) is 8.39. The van der Waals surface area contributed by atoms with Gasteiger partial charge in [0.2, 0.25) is 10.0 Å². The van der Waals surface area contributed by atoms with Crippen molar-refractivity contribution in [3.05, 3.63) is 119 Å². The Morgan fingerprint density at radius 3 is 1.95 bits per heavy atom. The van der Waals surface area contributed by atoms with E-state index in [2.05, 4.69) is 10.0 Å². The number of rotatable bonds is 9. The zero-order valence-corrected chi connectivity index (χ0v) is 22.6. The fraction of sp³-hybridized carbons (Fsp3) is 0.0741. The molecule has 0 aromatic heterocycles. The molecule has 0 aliphatic carbocycles. The maximum atomic E-state index is 12.8. The highest BCUT2D eigenvalue weighted by molar-refractivity contribution is 7.92. The molecule has 0 unspecified atom stereocenters. The van der Waals surface area contributed by atoms with Crippen molar-refractivity contribution in [3.8, 4) is 0 Å². The van der Waals surface area contributed by atoms with Gasteiger partial charge < -0.3 is 5.32 Å². The molecule has 0 spiro atoms. The molecule has 8 nitrogen and oxygen atoms in total. The van der Waals surface area contributed by atoms with Crippen LogP contribution < -0.4 is 14.3 Å². The van der Waals surface area contributed by atoms with Crippen molar-refractivity contribution in [2.75, 3.05) is 20.6 Å². The van der Waals surface area contributed by atoms with E-state index in [1.54, 1.807) is 66.7 Å². The molecule has 1 amide bonds. The van der Waals surface area contributed by atoms with E-state index in [0.717, 1.165) is 11.8 Å². The number of para-hydroxylation sites is 1. The Morgan fingerprint density at radius 1 is 0.763 bits per heavy atom. The minimum absolute atomic E-state index is 0.0465. The molecule has 0 fully saturated rings. The summed E-state index contributed by atoms with van der Waals surface area (Å²) in [6.07, 6.45) is 1.11. The highest BCUT2D eigenvalue weighted by Gasteiger charge is 2.19. The lowest BCUT2D eigenvalue weighted by Crippen LogP contribution is -2.29. The monoisotopic (exact) mass is 569 g/mol. The lowest BCUT2D eigenvalue weighted by molar-refractivity contribution is 0.102. The fourth-order valence-electron chi connectivity index (χ4n) is 3.58. The number of carbonyl (C=O) groups is 1. The molecule has 0 radical (unpaired) electrons. The van der Waals surface area contributed by atoms with Crippen LogP contribution in [0.4, 0.5) is 17.1 Å². The summed E-state index contributed by atoms with van der Waals surface area (Å²) in [6, 6.07) is 27.3. The Kier molecular flexibility index (Phi) is 8.05. The van der Waals surface area contributed by atoms with Gasteiger partial charge in [0.1, 0.15) is 0 Å². The topological polar surface area (TPSA) is 113 Å². The Labute approximate surface area is 227 Å². The molecule has 196 valence electrons. The van der Waals surface area contributed by atoms with Crippen LogP contribution >= 0.6 is 11.6 Å². The lowest BCUT2D eigenvalue weighted by atomic mass is 10.1. The zero-order valence-electron chi connectivity index (χ0n) is 20.2. The summed E-state index contributed by atoms with van der Waals surface area (Å²) in [5.41, 5.74) is 2.30. The third-order valence-corrected chi connectivity index (χ3v) is 8.30. The van der Waals surface area contributed by atoms with Gasteiger partial charge in [0.15, 0.2) is 0 Å². The molecule has 38 heavy (non-hydrogen) atoms. The molecule has 0 aliphatic heterocycles. The van der Waals surface area contributed by atoms with Gasteiger partial charge in [-0.3, -0.25) is 13.8 Å². The van der Waals surface area contributed by atoms with E-state index in [0.29, 0.717) is 27.6 Å². The lowest BCUT2D eigenvalue weighted by Gasteiger charge is -2.23. The molecule has 0 saturated carbocycles. The third-order valence-electron chi connectivity index (χ3n) is 5.51. The van der Waals surface area contributed by atoms with Crippen molar-refractivity contribution in [1.82, 2.24) is 0 Å². The third kappa shape index (κ3) is 6.91. The molecular formula is C27H24ClN3O5S2. The molecule has 0 bridgehead atoms. The van der Waals surface area contributed by atoms with Gasteiger partial charge >= 0.3 is 0 Å². The smallest absolute Gasteiger partial charge is 0.261 e. The maximum absolute atomic E-state index is 12.8.